The quantitative estimate of drug-likeness (QED) is 0.694. The van der Waals surface area contributed by atoms with E-state index in [0.29, 0.717) is 30.5 Å². The third-order valence-corrected chi connectivity index (χ3v) is 3.46. The second-order valence-electron chi connectivity index (χ2n) is 4.98. The molecule has 0 aliphatic carbocycles. The summed E-state index contributed by atoms with van der Waals surface area (Å²) in [6.07, 6.45) is 3.08. The Bertz CT molecular complexity index is 764. The maximum atomic E-state index is 12.2. The van der Waals surface area contributed by atoms with E-state index in [1.54, 1.807) is 12.1 Å². The highest BCUT2D eigenvalue weighted by Gasteiger charge is 2.12. The fourth-order valence-corrected chi connectivity index (χ4v) is 2.27. The van der Waals surface area contributed by atoms with E-state index in [0.717, 1.165) is 5.56 Å². The largest absolute Gasteiger partial charge is 0.507 e. The molecule has 0 saturated heterocycles. The lowest BCUT2D eigenvalue weighted by atomic mass is 10.1. The molecule has 0 aromatic heterocycles. The van der Waals surface area contributed by atoms with Crippen molar-refractivity contribution < 1.29 is 24.1 Å². The van der Waals surface area contributed by atoms with Gasteiger partial charge in [-0.3, -0.25) is 4.79 Å². The fourth-order valence-electron chi connectivity index (χ4n) is 2.27. The monoisotopic (exact) mass is 312 g/mol. The molecule has 0 atom stereocenters. The summed E-state index contributed by atoms with van der Waals surface area (Å²) in [4.78, 5) is 12.2. The Balaban J connectivity index is 1.78. The molecule has 0 bridgehead atoms. The molecule has 1 aliphatic rings. The van der Waals surface area contributed by atoms with Gasteiger partial charge in [-0.25, -0.2) is 0 Å². The van der Waals surface area contributed by atoms with E-state index in [-0.39, 0.29) is 17.1 Å². The van der Waals surface area contributed by atoms with Gasteiger partial charge in [0.1, 0.15) is 24.7 Å². The number of phenols is 1. The molecule has 0 saturated carbocycles. The fraction of sp³-hybridized carbons (Fsp3) is 0.167. The second kappa shape index (κ2) is 6.44. The molecule has 23 heavy (non-hydrogen) atoms. The van der Waals surface area contributed by atoms with Crippen LogP contribution in [0, 0.1) is 0 Å². The van der Waals surface area contributed by atoms with Gasteiger partial charge in [-0.1, -0.05) is 12.1 Å². The molecule has 2 aromatic rings. The first-order chi connectivity index (χ1) is 11.2. The lowest BCUT2D eigenvalue weighted by molar-refractivity contribution is 0.104. The smallest absolute Gasteiger partial charge is 0.189 e. The number of ether oxygens (including phenoxy) is 3. The summed E-state index contributed by atoms with van der Waals surface area (Å²) in [5.41, 5.74) is 1.04. The Kier molecular flexibility index (Phi) is 4.19. The van der Waals surface area contributed by atoms with Crippen molar-refractivity contribution in [3.05, 3.63) is 53.6 Å². The maximum Gasteiger partial charge on any atom is 0.189 e. The van der Waals surface area contributed by atoms with Gasteiger partial charge in [0.25, 0.3) is 0 Å². The van der Waals surface area contributed by atoms with Gasteiger partial charge in [0.2, 0.25) is 0 Å². The number of rotatable bonds is 4. The van der Waals surface area contributed by atoms with Gasteiger partial charge >= 0.3 is 0 Å². The van der Waals surface area contributed by atoms with E-state index in [9.17, 15) is 9.90 Å². The molecule has 0 fully saturated rings. The molecule has 1 N–H and O–H groups in total. The molecule has 3 rings (SSSR count). The van der Waals surface area contributed by atoms with E-state index >= 15 is 0 Å². The number of hydrogen-bond acceptors (Lipinski definition) is 5. The number of aromatic hydroxyl groups is 1. The number of carbonyl (C=O) groups is 1. The van der Waals surface area contributed by atoms with Crippen LogP contribution < -0.4 is 14.2 Å². The highest BCUT2D eigenvalue weighted by molar-refractivity contribution is 6.08. The van der Waals surface area contributed by atoms with Crippen molar-refractivity contribution in [2.24, 2.45) is 0 Å². The van der Waals surface area contributed by atoms with E-state index in [2.05, 4.69) is 0 Å². The SMILES string of the molecule is COc1ccc(C(=O)/C=C/c2ccc3c(c2)OCCO3)c(O)c1. The predicted molar refractivity (Wildman–Crippen MR) is 85.5 cm³/mol. The summed E-state index contributed by atoms with van der Waals surface area (Å²) in [5, 5.41) is 9.88. The Morgan fingerprint density at radius 3 is 2.65 bits per heavy atom. The first kappa shape index (κ1) is 15.0. The van der Waals surface area contributed by atoms with Crippen LogP contribution in [0.2, 0.25) is 0 Å². The van der Waals surface area contributed by atoms with E-state index < -0.39 is 0 Å². The number of methoxy groups -OCH3 is 1. The van der Waals surface area contributed by atoms with Crippen molar-refractivity contribution in [2.45, 2.75) is 0 Å². The van der Waals surface area contributed by atoms with Gasteiger partial charge in [-0.15, -0.1) is 0 Å². The number of hydrogen-bond donors (Lipinski definition) is 1. The Morgan fingerprint density at radius 2 is 1.91 bits per heavy atom. The topological polar surface area (TPSA) is 65.0 Å². The number of allylic oxidation sites excluding steroid dienone is 1. The summed E-state index contributed by atoms with van der Waals surface area (Å²) in [6.45, 7) is 1.05. The second-order valence-corrected chi connectivity index (χ2v) is 4.98. The van der Waals surface area contributed by atoms with E-state index in [1.807, 2.05) is 18.2 Å². The normalized spacial score (nSPS) is 13.1. The summed E-state index contributed by atoms with van der Waals surface area (Å²) in [7, 11) is 1.50. The highest BCUT2D eigenvalue weighted by atomic mass is 16.6. The Hall–Kier alpha value is -2.95. The highest BCUT2D eigenvalue weighted by Crippen LogP contribution is 2.31. The van der Waals surface area contributed by atoms with Crippen LogP contribution in [-0.2, 0) is 0 Å². The summed E-state index contributed by atoms with van der Waals surface area (Å²) in [5.74, 6) is 1.46. The van der Waals surface area contributed by atoms with Gasteiger partial charge in [0.15, 0.2) is 17.3 Å². The van der Waals surface area contributed by atoms with E-state index in [4.69, 9.17) is 14.2 Å². The third-order valence-electron chi connectivity index (χ3n) is 3.46. The molecular weight excluding hydrogens is 296 g/mol. The van der Waals surface area contributed by atoms with Gasteiger partial charge in [-0.05, 0) is 35.9 Å². The molecule has 0 spiro atoms. The molecule has 1 heterocycles. The van der Waals surface area contributed by atoms with Crippen molar-refractivity contribution in [2.75, 3.05) is 20.3 Å². The van der Waals surface area contributed by atoms with Crippen LogP contribution in [0.1, 0.15) is 15.9 Å². The van der Waals surface area contributed by atoms with Gasteiger partial charge < -0.3 is 19.3 Å². The molecular formula is C18H16O5. The maximum absolute atomic E-state index is 12.2. The molecule has 5 heteroatoms. The zero-order valence-electron chi connectivity index (χ0n) is 12.6. The van der Waals surface area contributed by atoms with Crippen LogP contribution in [0.25, 0.3) is 6.08 Å². The number of fused-ring (bicyclic) bond motifs is 1. The van der Waals surface area contributed by atoms with Crippen molar-refractivity contribution in [3.8, 4) is 23.0 Å². The third kappa shape index (κ3) is 3.29. The summed E-state index contributed by atoms with van der Waals surface area (Å²) < 4.78 is 15.9. The van der Waals surface area contributed by atoms with Crippen LogP contribution in [-0.4, -0.2) is 31.2 Å². The molecule has 118 valence electrons. The summed E-state index contributed by atoms with van der Waals surface area (Å²) >= 11 is 0. The minimum absolute atomic E-state index is 0.110. The average Bonchev–Trinajstić information content (AvgIpc) is 2.59. The minimum atomic E-state index is -0.292. The minimum Gasteiger partial charge on any atom is -0.507 e. The molecule has 0 radical (unpaired) electrons. The van der Waals surface area contributed by atoms with E-state index in [1.165, 1.54) is 25.3 Å². The molecule has 1 aliphatic heterocycles. The van der Waals surface area contributed by atoms with Gasteiger partial charge in [0.05, 0.1) is 12.7 Å². The van der Waals surface area contributed by atoms with Crippen LogP contribution in [0.15, 0.2) is 42.5 Å². The van der Waals surface area contributed by atoms with Crippen molar-refractivity contribution in [1.82, 2.24) is 0 Å². The van der Waals surface area contributed by atoms with Crippen molar-refractivity contribution in [1.29, 1.82) is 0 Å². The first-order valence-electron chi connectivity index (χ1n) is 7.16. The first-order valence-corrected chi connectivity index (χ1v) is 7.16. The molecule has 2 aromatic carbocycles. The van der Waals surface area contributed by atoms with Crippen molar-refractivity contribution >= 4 is 11.9 Å². The van der Waals surface area contributed by atoms with Crippen LogP contribution in [0.3, 0.4) is 0 Å². The average molecular weight is 312 g/mol. The Labute approximate surface area is 133 Å². The lowest BCUT2D eigenvalue weighted by Gasteiger charge is -2.18. The molecule has 0 amide bonds. The lowest BCUT2D eigenvalue weighted by Crippen LogP contribution is -2.15. The molecule has 5 nitrogen and oxygen atoms in total. The number of phenolic OH excluding ortho intramolecular Hbond substituents is 1. The van der Waals surface area contributed by atoms with Crippen LogP contribution >= 0.6 is 0 Å². The van der Waals surface area contributed by atoms with Crippen LogP contribution in [0.5, 0.6) is 23.0 Å². The number of ketones is 1. The zero-order valence-corrected chi connectivity index (χ0v) is 12.6. The van der Waals surface area contributed by atoms with Crippen LogP contribution in [0.4, 0.5) is 0 Å². The Morgan fingerprint density at radius 1 is 1.13 bits per heavy atom. The molecule has 0 unspecified atom stereocenters. The standard InChI is InChI=1S/C18H16O5/c1-21-13-4-5-14(16(20)11-13)15(19)6-2-12-3-7-17-18(10-12)23-9-8-22-17/h2-7,10-11,20H,8-9H2,1H3/b6-2+. The van der Waals surface area contributed by atoms with Gasteiger partial charge in [0, 0.05) is 6.07 Å². The summed E-state index contributed by atoms with van der Waals surface area (Å²) in [6, 6.07) is 10.0. The van der Waals surface area contributed by atoms with Gasteiger partial charge in [-0.2, -0.15) is 0 Å². The zero-order chi connectivity index (χ0) is 16.2. The number of carbonyl (C=O) groups excluding carboxylic acids is 1. The van der Waals surface area contributed by atoms with Crippen molar-refractivity contribution in [3.63, 3.8) is 0 Å². The number of benzene rings is 2. The predicted octanol–water partition coefficient (Wildman–Crippen LogP) is 3.07.